The van der Waals surface area contributed by atoms with E-state index in [9.17, 15) is 5.11 Å². The molecule has 0 saturated carbocycles. The van der Waals surface area contributed by atoms with E-state index >= 15 is 0 Å². The SMILES string of the molecule is Cn1c(CO)nnc1C1CCN(c2nc(N)nc3c2CCCC3)CC1. The van der Waals surface area contributed by atoms with Gasteiger partial charge in [0.1, 0.15) is 18.2 Å². The van der Waals surface area contributed by atoms with Crippen molar-refractivity contribution in [3.8, 4) is 0 Å². The summed E-state index contributed by atoms with van der Waals surface area (Å²) in [7, 11) is 1.93. The van der Waals surface area contributed by atoms with Crippen molar-refractivity contribution in [3.63, 3.8) is 0 Å². The number of nitrogens with two attached hydrogens (primary N) is 1. The number of rotatable bonds is 3. The lowest BCUT2D eigenvalue weighted by molar-refractivity contribution is 0.266. The molecule has 3 heterocycles. The zero-order chi connectivity index (χ0) is 17.4. The summed E-state index contributed by atoms with van der Waals surface area (Å²) in [5, 5.41) is 17.7. The molecule has 8 heteroatoms. The summed E-state index contributed by atoms with van der Waals surface area (Å²) in [5.41, 5.74) is 8.38. The Kier molecular flexibility index (Phi) is 4.29. The van der Waals surface area contributed by atoms with Crippen molar-refractivity contribution in [2.24, 2.45) is 7.05 Å². The third-order valence-corrected chi connectivity index (χ3v) is 5.48. The second-order valence-electron chi connectivity index (χ2n) is 6.99. The predicted molar refractivity (Wildman–Crippen MR) is 94.2 cm³/mol. The number of hydrogen-bond donors (Lipinski definition) is 2. The number of fused-ring (bicyclic) bond motifs is 1. The van der Waals surface area contributed by atoms with Gasteiger partial charge in [-0.2, -0.15) is 4.98 Å². The van der Waals surface area contributed by atoms with Crippen LogP contribution in [0.15, 0.2) is 0 Å². The third-order valence-electron chi connectivity index (χ3n) is 5.48. The molecular weight excluding hydrogens is 318 g/mol. The van der Waals surface area contributed by atoms with Crippen LogP contribution in [0, 0.1) is 0 Å². The maximum atomic E-state index is 9.30. The summed E-state index contributed by atoms with van der Waals surface area (Å²) in [4.78, 5) is 11.4. The summed E-state index contributed by atoms with van der Waals surface area (Å²) in [6, 6.07) is 0. The molecule has 0 unspecified atom stereocenters. The molecule has 0 atom stereocenters. The molecular formula is C17H25N7O. The first-order chi connectivity index (χ1) is 12.2. The second-order valence-corrected chi connectivity index (χ2v) is 6.99. The highest BCUT2D eigenvalue weighted by molar-refractivity contribution is 5.53. The molecule has 1 aliphatic heterocycles. The summed E-state index contributed by atoms with van der Waals surface area (Å²) < 4.78 is 1.92. The minimum absolute atomic E-state index is 0.0747. The van der Waals surface area contributed by atoms with E-state index in [-0.39, 0.29) is 6.61 Å². The highest BCUT2D eigenvalue weighted by atomic mass is 16.3. The van der Waals surface area contributed by atoms with Crippen LogP contribution in [0.1, 0.15) is 54.5 Å². The summed E-state index contributed by atoms with van der Waals surface area (Å²) in [6.45, 7) is 1.78. The van der Waals surface area contributed by atoms with Gasteiger partial charge in [-0.1, -0.05) is 0 Å². The maximum absolute atomic E-state index is 9.30. The summed E-state index contributed by atoms with van der Waals surface area (Å²) >= 11 is 0. The average molecular weight is 343 g/mol. The molecule has 1 fully saturated rings. The first-order valence-corrected chi connectivity index (χ1v) is 9.06. The Hall–Kier alpha value is -2.22. The first-order valence-electron chi connectivity index (χ1n) is 9.06. The van der Waals surface area contributed by atoms with E-state index in [1.165, 1.54) is 18.4 Å². The van der Waals surface area contributed by atoms with Gasteiger partial charge in [-0.3, -0.25) is 0 Å². The Morgan fingerprint density at radius 3 is 2.60 bits per heavy atom. The number of nitrogens with zero attached hydrogens (tertiary/aromatic N) is 6. The molecule has 8 nitrogen and oxygen atoms in total. The highest BCUT2D eigenvalue weighted by Crippen LogP contribution is 2.33. The lowest BCUT2D eigenvalue weighted by atomic mass is 9.93. The number of hydrogen-bond acceptors (Lipinski definition) is 7. The second kappa shape index (κ2) is 6.59. The molecule has 2 aromatic heterocycles. The van der Waals surface area contributed by atoms with E-state index in [4.69, 9.17) is 5.73 Å². The van der Waals surface area contributed by atoms with Gasteiger partial charge in [0.05, 0.1) is 5.69 Å². The normalized spacial score (nSPS) is 18.4. The van der Waals surface area contributed by atoms with Crippen LogP contribution in [0.25, 0.3) is 0 Å². The van der Waals surface area contributed by atoms with Gasteiger partial charge in [-0.25, -0.2) is 4.98 Å². The van der Waals surface area contributed by atoms with E-state index in [2.05, 4.69) is 25.1 Å². The van der Waals surface area contributed by atoms with Crippen molar-refractivity contribution in [1.29, 1.82) is 0 Å². The molecule has 0 aromatic carbocycles. The molecule has 0 radical (unpaired) electrons. The Labute approximate surface area is 147 Å². The van der Waals surface area contributed by atoms with Crippen molar-refractivity contribution in [2.75, 3.05) is 23.7 Å². The zero-order valence-electron chi connectivity index (χ0n) is 14.6. The van der Waals surface area contributed by atoms with E-state index in [0.717, 1.165) is 56.1 Å². The lowest BCUT2D eigenvalue weighted by Gasteiger charge is -2.34. The number of aliphatic hydroxyl groups excluding tert-OH is 1. The van der Waals surface area contributed by atoms with Crippen molar-refractivity contribution >= 4 is 11.8 Å². The molecule has 0 bridgehead atoms. The van der Waals surface area contributed by atoms with Gasteiger partial charge >= 0.3 is 0 Å². The Morgan fingerprint density at radius 1 is 1.12 bits per heavy atom. The smallest absolute Gasteiger partial charge is 0.222 e. The average Bonchev–Trinajstić information content (AvgIpc) is 3.01. The number of piperidine rings is 1. The molecule has 1 saturated heterocycles. The number of aliphatic hydroxyl groups is 1. The molecule has 134 valence electrons. The Morgan fingerprint density at radius 2 is 1.88 bits per heavy atom. The van der Waals surface area contributed by atoms with Gasteiger partial charge in [0, 0.05) is 31.6 Å². The Bertz CT molecular complexity index is 765. The quantitative estimate of drug-likeness (QED) is 0.854. The number of aryl methyl sites for hydroxylation is 1. The van der Waals surface area contributed by atoms with Gasteiger partial charge in [0.25, 0.3) is 0 Å². The molecule has 25 heavy (non-hydrogen) atoms. The summed E-state index contributed by atoms with van der Waals surface area (Å²) in [5.74, 6) is 3.38. The molecule has 0 spiro atoms. The molecule has 3 N–H and O–H groups in total. The van der Waals surface area contributed by atoms with Gasteiger partial charge in [-0.05, 0) is 38.5 Å². The fourth-order valence-corrected chi connectivity index (χ4v) is 4.07. The monoisotopic (exact) mass is 343 g/mol. The van der Waals surface area contributed by atoms with Crippen LogP contribution in [-0.2, 0) is 26.5 Å². The van der Waals surface area contributed by atoms with Gasteiger partial charge in [-0.15, -0.1) is 10.2 Å². The van der Waals surface area contributed by atoms with Crippen LogP contribution >= 0.6 is 0 Å². The van der Waals surface area contributed by atoms with E-state index < -0.39 is 0 Å². The van der Waals surface area contributed by atoms with Gasteiger partial charge < -0.3 is 20.3 Å². The van der Waals surface area contributed by atoms with Crippen molar-refractivity contribution in [2.45, 2.75) is 51.0 Å². The molecule has 0 amide bonds. The molecule has 2 aromatic rings. The van der Waals surface area contributed by atoms with Crippen LogP contribution < -0.4 is 10.6 Å². The minimum atomic E-state index is -0.0747. The van der Waals surface area contributed by atoms with Crippen molar-refractivity contribution in [3.05, 3.63) is 22.9 Å². The van der Waals surface area contributed by atoms with Crippen LogP contribution in [0.2, 0.25) is 0 Å². The molecule has 4 rings (SSSR count). The van der Waals surface area contributed by atoms with Crippen LogP contribution in [0.5, 0.6) is 0 Å². The Balaban J connectivity index is 1.52. The van der Waals surface area contributed by atoms with E-state index in [0.29, 0.717) is 17.7 Å². The van der Waals surface area contributed by atoms with Crippen molar-refractivity contribution in [1.82, 2.24) is 24.7 Å². The van der Waals surface area contributed by atoms with Crippen LogP contribution in [-0.4, -0.2) is 42.9 Å². The predicted octanol–water partition coefficient (Wildman–Crippen LogP) is 0.942. The van der Waals surface area contributed by atoms with Crippen LogP contribution in [0.4, 0.5) is 11.8 Å². The molecule has 2 aliphatic rings. The van der Waals surface area contributed by atoms with Gasteiger partial charge in [0.15, 0.2) is 5.82 Å². The fourth-order valence-electron chi connectivity index (χ4n) is 4.07. The maximum Gasteiger partial charge on any atom is 0.222 e. The highest BCUT2D eigenvalue weighted by Gasteiger charge is 2.28. The zero-order valence-corrected chi connectivity index (χ0v) is 14.6. The number of aromatic nitrogens is 5. The first kappa shape index (κ1) is 16.3. The number of anilines is 2. The van der Waals surface area contributed by atoms with E-state index in [1.54, 1.807) is 0 Å². The fraction of sp³-hybridized carbons (Fsp3) is 0.647. The minimum Gasteiger partial charge on any atom is -0.388 e. The topological polar surface area (TPSA) is 106 Å². The summed E-state index contributed by atoms with van der Waals surface area (Å²) in [6.07, 6.45) is 6.44. The standard InChI is InChI=1S/C17H25N7O/c1-23-14(10-25)21-22-15(23)11-6-8-24(9-7-11)16-12-4-2-3-5-13(12)19-17(18)20-16/h11,25H,2-10H2,1H3,(H2,18,19,20). The van der Waals surface area contributed by atoms with Crippen LogP contribution in [0.3, 0.4) is 0 Å². The van der Waals surface area contributed by atoms with Crippen molar-refractivity contribution < 1.29 is 5.11 Å². The van der Waals surface area contributed by atoms with E-state index in [1.807, 2.05) is 11.6 Å². The van der Waals surface area contributed by atoms with Gasteiger partial charge in [0.2, 0.25) is 5.95 Å². The molecule has 1 aliphatic carbocycles. The number of nitrogen functional groups attached to an aromatic ring is 1. The third kappa shape index (κ3) is 2.95. The largest absolute Gasteiger partial charge is 0.388 e. The lowest BCUT2D eigenvalue weighted by Crippen LogP contribution is -2.35.